The number of nitrogens with zero attached hydrogens (tertiary/aromatic N) is 1. The highest BCUT2D eigenvalue weighted by Crippen LogP contribution is 2.09. The Morgan fingerprint density at radius 2 is 2.18 bits per heavy atom. The van der Waals surface area contributed by atoms with Crippen LogP contribution in [0.2, 0.25) is 0 Å². The van der Waals surface area contributed by atoms with Crippen LogP contribution in [0.4, 0.5) is 0 Å². The SMILES string of the molecule is C.Cc1ccc2nc[nH]c2c1. The van der Waals surface area contributed by atoms with Crippen LogP contribution in [0.5, 0.6) is 0 Å². The summed E-state index contributed by atoms with van der Waals surface area (Å²) in [4.78, 5) is 7.15. The fourth-order valence-electron chi connectivity index (χ4n) is 1.05. The first kappa shape index (κ1) is 7.79. The van der Waals surface area contributed by atoms with Crippen LogP contribution in [0.15, 0.2) is 24.5 Å². The Balaban J connectivity index is 0.000000605. The summed E-state index contributed by atoms with van der Waals surface area (Å²) in [5, 5.41) is 0. The van der Waals surface area contributed by atoms with E-state index in [2.05, 4.69) is 29.0 Å². The maximum atomic E-state index is 4.10. The molecule has 0 radical (unpaired) electrons. The molecular weight excluding hydrogens is 136 g/mol. The molecule has 0 amide bonds. The van der Waals surface area contributed by atoms with Crippen LogP contribution >= 0.6 is 0 Å². The largest absolute Gasteiger partial charge is 0.345 e. The summed E-state index contributed by atoms with van der Waals surface area (Å²) in [6.07, 6.45) is 1.71. The van der Waals surface area contributed by atoms with Crippen molar-refractivity contribution in [2.24, 2.45) is 0 Å². The van der Waals surface area contributed by atoms with Crippen LogP contribution in [-0.4, -0.2) is 9.97 Å². The molecule has 1 aromatic heterocycles. The zero-order valence-electron chi connectivity index (χ0n) is 5.76. The van der Waals surface area contributed by atoms with Gasteiger partial charge in [0.15, 0.2) is 0 Å². The third-order valence-corrected chi connectivity index (χ3v) is 1.58. The van der Waals surface area contributed by atoms with E-state index in [1.54, 1.807) is 6.33 Å². The van der Waals surface area contributed by atoms with E-state index in [9.17, 15) is 0 Å². The van der Waals surface area contributed by atoms with Crippen molar-refractivity contribution in [1.29, 1.82) is 0 Å². The molecule has 11 heavy (non-hydrogen) atoms. The van der Waals surface area contributed by atoms with E-state index in [1.165, 1.54) is 5.56 Å². The van der Waals surface area contributed by atoms with Crippen LogP contribution in [0.25, 0.3) is 11.0 Å². The van der Waals surface area contributed by atoms with E-state index in [0.717, 1.165) is 11.0 Å². The molecule has 58 valence electrons. The topological polar surface area (TPSA) is 28.7 Å². The molecule has 0 saturated carbocycles. The summed E-state index contributed by atoms with van der Waals surface area (Å²) in [7, 11) is 0. The molecule has 2 heteroatoms. The Labute approximate surface area is 66.3 Å². The van der Waals surface area contributed by atoms with E-state index in [1.807, 2.05) is 6.07 Å². The first-order valence-electron chi connectivity index (χ1n) is 3.26. The van der Waals surface area contributed by atoms with Gasteiger partial charge in [-0.3, -0.25) is 0 Å². The summed E-state index contributed by atoms with van der Waals surface area (Å²) in [6, 6.07) is 6.16. The second kappa shape index (κ2) is 2.74. The highest BCUT2D eigenvalue weighted by Gasteiger charge is 1.92. The lowest BCUT2D eigenvalue weighted by Crippen LogP contribution is -1.71. The number of hydrogen-bond acceptors (Lipinski definition) is 1. The van der Waals surface area contributed by atoms with Crippen LogP contribution in [0.3, 0.4) is 0 Å². The van der Waals surface area contributed by atoms with Gasteiger partial charge in [-0.2, -0.15) is 0 Å². The second-order valence-electron chi connectivity index (χ2n) is 2.42. The van der Waals surface area contributed by atoms with Gasteiger partial charge in [0.05, 0.1) is 17.4 Å². The minimum atomic E-state index is 0. The third-order valence-electron chi connectivity index (χ3n) is 1.58. The molecule has 1 N–H and O–H groups in total. The number of imidazole rings is 1. The summed E-state index contributed by atoms with van der Waals surface area (Å²) in [5.41, 5.74) is 3.40. The predicted octanol–water partition coefficient (Wildman–Crippen LogP) is 2.51. The molecule has 0 fully saturated rings. The number of H-pyrrole nitrogens is 1. The number of benzene rings is 1. The van der Waals surface area contributed by atoms with E-state index in [0.29, 0.717) is 0 Å². The van der Waals surface area contributed by atoms with E-state index in [4.69, 9.17) is 0 Å². The van der Waals surface area contributed by atoms with Crippen molar-refractivity contribution >= 4 is 11.0 Å². The molecular formula is C9H12N2. The Kier molecular flexibility index (Phi) is 1.94. The number of aromatic amines is 1. The van der Waals surface area contributed by atoms with Crippen molar-refractivity contribution in [1.82, 2.24) is 9.97 Å². The molecule has 2 nitrogen and oxygen atoms in total. The molecule has 1 aromatic carbocycles. The first-order chi connectivity index (χ1) is 4.86. The molecule has 0 aliphatic carbocycles. The summed E-state index contributed by atoms with van der Waals surface area (Å²) >= 11 is 0. The fourth-order valence-corrected chi connectivity index (χ4v) is 1.05. The predicted molar refractivity (Wildman–Crippen MR) is 47.6 cm³/mol. The van der Waals surface area contributed by atoms with Gasteiger partial charge >= 0.3 is 0 Å². The number of nitrogens with one attached hydrogen (secondary N) is 1. The Bertz CT molecular complexity index is 349. The number of rotatable bonds is 0. The molecule has 2 aromatic rings. The zero-order valence-corrected chi connectivity index (χ0v) is 5.76. The van der Waals surface area contributed by atoms with Gasteiger partial charge in [0, 0.05) is 0 Å². The van der Waals surface area contributed by atoms with Crippen LogP contribution in [-0.2, 0) is 0 Å². The third kappa shape index (κ3) is 1.24. The normalized spacial score (nSPS) is 9.55. The van der Waals surface area contributed by atoms with Gasteiger partial charge in [-0.15, -0.1) is 0 Å². The van der Waals surface area contributed by atoms with Gasteiger partial charge in [-0.25, -0.2) is 4.98 Å². The molecule has 0 bridgehead atoms. The molecule has 0 unspecified atom stereocenters. The van der Waals surface area contributed by atoms with Crippen molar-refractivity contribution in [2.45, 2.75) is 14.4 Å². The van der Waals surface area contributed by atoms with Gasteiger partial charge in [0.2, 0.25) is 0 Å². The Hall–Kier alpha value is -1.31. The van der Waals surface area contributed by atoms with Crippen LogP contribution in [0.1, 0.15) is 13.0 Å². The van der Waals surface area contributed by atoms with Gasteiger partial charge in [-0.1, -0.05) is 13.5 Å². The van der Waals surface area contributed by atoms with Crippen LogP contribution in [0, 0.1) is 6.92 Å². The van der Waals surface area contributed by atoms with Gasteiger partial charge < -0.3 is 4.98 Å². The lowest BCUT2D eigenvalue weighted by molar-refractivity contribution is 1.34. The van der Waals surface area contributed by atoms with Crippen LogP contribution < -0.4 is 0 Å². The highest BCUT2D eigenvalue weighted by molar-refractivity contribution is 5.74. The van der Waals surface area contributed by atoms with Crippen molar-refractivity contribution in [3.8, 4) is 0 Å². The Morgan fingerprint density at radius 3 is 3.00 bits per heavy atom. The first-order valence-corrected chi connectivity index (χ1v) is 3.26. The number of hydrogen-bond donors (Lipinski definition) is 1. The monoisotopic (exact) mass is 148 g/mol. The quantitative estimate of drug-likeness (QED) is 0.611. The molecule has 0 spiro atoms. The molecule has 2 rings (SSSR count). The lowest BCUT2D eigenvalue weighted by Gasteiger charge is -1.89. The smallest absolute Gasteiger partial charge is 0.0931 e. The lowest BCUT2D eigenvalue weighted by atomic mass is 10.2. The van der Waals surface area contributed by atoms with Gasteiger partial charge in [0.1, 0.15) is 0 Å². The molecule has 1 heterocycles. The van der Waals surface area contributed by atoms with Crippen molar-refractivity contribution in [3.05, 3.63) is 30.1 Å². The summed E-state index contributed by atoms with van der Waals surface area (Å²) in [6.45, 7) is 2.07. The maximum absolute atomic E-state index is 4.10. The number of fused-ring (bicyclic) bond motifs is 1. The second-order valence-corrected chi connectivity index (χ2v) is 2.42. The minimum absolute atomic E-state index is 0. The fraction of sp³-hybridized carbons (Fsp3) is 0.222. The summed E-state index contributed by atoms with van der Waals surface area (Å²) < 4.78 is 0. The van der Waals surface area contributed by atoms with Gasteiger partial charge in [0.25, 0.3) is 0 Å². The standard InChI is InChI=1S/C8H8N2.CH4/c1-6-2-3-7-8(4-6)10-5-9-7;/h2-5H,1H3,(H,9,10);1H4. The number of aryl methyl sites for hydroxylation is 1. The van der Waals surface area contributed by atoms with E-state index < -0.39 is 0 Å². The minimum Gasteiger partial charge on any atom is -0.345 e. The van der Waals surface area contributed by atoms with Crippen molar-refractivity contribution < 1.29 is 0 Å². The molecule has 0 aliphatic heterocycles. The number of aromatic nitrogens is 2. The zero-order chi connectivity index (χ0) is 6.97. The van der Waals surface area contributed by atoms with Crippen molar-refractivity contribution in [3.63, 3.8) is 0 Å². The maximum Gasteiger partial charge on any atom is 0.0931 e. The van der Waals surface area contributed by atoms with E-state index >= 15 is 0 Å². The molecule has 0 atom stereocenters. The molecule has 0 saturated heterocycles. The highest BCUT2D eigenvalue weighted by atomic mass is 14.9. The average molecular weight is 148 g/mol. The van der Waals surface area contributed by atoms with E-state index in [-0.39, 0.29) is 7.43 Å². The average Bonchev–Trinajstić information content (AvgIpc) is 2.33. The van der Waals surface area contributed by atoms with Crippen molar-refractivity contribution in [2.75, 3.05) is 0 Å². The summed E-state index contributed by atoms with van der Waals surface area (Å²) in [5.74, 6) is 0. The Morgan fingerprint density at radius 1 is 1.36 bits per heavy atom. The van der Waals surface area contributed by atoms with Gasteiger partial charge in [-0.05, 0) is 24.6 Å². The molecule has 0 aliphatic rings.